The Hall–Kier alpha value is -3.21. The number of hydrogen-bond donors (Lipinski definition) is 1. The van der Waals surface area contributed by atoms with E-state index in [1.807, 2.05) is 61.5 Å². The van der Waals surface area contributed by atoms with Crippen molar-refractivity contribution in [3.63, 3.8) is 0 Å². The molecule has 0 aliphatic heterocycles. The zero-order valence-electron chi connectivity index (χ0n) is 12.5. The fourth-order valence-electron chi connectivity index (χ4n) is 2.48. The largest absolute Gasteiger partial charge is 0.350 e. The molecule has 23 heavy (non-hydrogen) atoms. The molecule has 0 unspecified atom stereocenters. The quantitative estimate of drug-likeness (QED) is 0.610. The topological polar surface area (TPSA) is 63.8 Å². The van der Waals surface area contributed by atoms with Gasteiger partial charge in [-0.05, 0) is 18.6 Å². The number of anilines is 2. The highest BCUT2D eigenvalue weighted by Crippen LogP contribution is 2.30. The van der Waals surface area contributed by atoms with Gasteiger partial charge in [0.2, 0.25) is 5.58 Å². The second-order valence-electron chi connectivity index (χ2n) is 5.24. The number of aromatic nitrogens is 3. The molecule has 0 saturated carbocycles. The second-order valence-corrected chi connectivity index (χ2v) is 5.24. The second kappa shape index (κ2) is 5.53. The summed E-state index contributed by atoms with van der Waals surface area (Å²) >= 11 is 0. The van der Waals surface area contributed by atoms with E-state index in [4.69, 9.17) is 4.52 Å². The molecule has 0 fully saturated rings. The van der Waals surface area contributed by atoms with Crippen LogP contribution in [0, 0.1) is 6.92 Å². The van der Waals surface area contributed by atoms with Crippen molar-refractivity contribution in [1.29, 1.82) is 0 Å². The van der Waals surface area contributed by atoms with Gasteiger partial charge in [0, 0.05) is 11.3 Å². The van der Waals surface area contributed by atoms with Crippen LogP contribution in [0.2, 0.25) is 0 Å². The zero-order chi connectivity index (χ0) is 15.6. The number of nitrogens with zero attached hydrogens (tertiary/aromatic N) is 3. The summed E-state index contributed by atoms with van der Waals surface area (Å²) in [7, 11) is 0. The third kappa shape index (κ3) is 2.42. The van der Waals surface area contributed by atoms with Gasteiger partial charge in [-0.15, -0.1) is 0 Å². The molecule has 2 heterocycles. The van der Waals surface area contributed by atoms with Gasteiger partial charge in [0.15, 0.2) is 5.82 Å². The third-order valence-corrected chi connectivity index (χ3v) is 3.70. The SMILES string of the molecule is Cc1ccccc1Nc1ncnc2c(-c3ccccc3)noc12. The van der Waals surface area contributed by atoms with E-state index in [9.17, 15) is 0 Å². The number of nitrogens with one attached hydrogen (secondary N) is 1. The van der Waals surface area contributed by atoms with E-state index in [1.165, 1.54) is 6.33 Å². The van der Waals surface area contributed by atoms with Crippen LogP contribution in [0.15, 0.2) is 65.4 Å². The predicted molar refractivity (Wildman–Crippen MR) is 89.5 cm³/mol. The molecule has 0 spiro atoms. The maximum absolute atomic E-state index is 5.51. The lowest BCUT2D eigenvalue weighted by Gasteiger charge is -2.07. The summed E-state index contributed by atoms with van der Waals surface area (Å²) in [5.74, 6) is 0.610. The fraction of sp³-hybridized carbons (Fsp3) is 0.0556. The Morgan fingerprint density at radius 1 is 0.913 bits per heavy atom. The predicted octanol–water partition coefficient (Wildman–Crippen LogP) is 4.34. The van der Waals surface area contributed by atoms with Crippen LogP contribution < -0.4 is 5.32 Å². The molecule has 2 aromatic heterocycles. The molecule has 0 atom stereocenters. The monoisotopic (exact) mass is 302 g/mol. The molecule has 0 saturated heterocycles. The summed E-state index contributed by atoms with van der Waals surface area (Å²) < 4.78 is 5.51. The lowest BCUT2D eigenvalue weighted by molar-refractivity contribution is 0.459. The number of rotatable bonds is 3. The summed E-state index contributed by atoms with van der Waals surface area (Å²) in [6.45, 7) is 2.04. The highest BCUT2D eigenvalue weighted by molar-refractivity contribution is 5.94. The Morgan fingerprint density at radius 2 is 1.70 bits per heavy atom. The molecular weight excluding hydrogens is 288 g/mol. The van der Waals surface area contributed by atoms with E-state index in [2.05, 4.69) is 20.4 Å². The molecule has 0 amide bonds. The highest BCUT2D eigenvalue weighted by atomic mass is 16.5. The molecule has 0 aliphatic carbocycles. The first-order valence-corrected chi connectivity index (χ1v) is 7.31. The Balaban J connectivity index is 1.81. The van der Waals surface area contributed by atoms with Crippen molar-refractivity contribution >= 4 is 22.6 Å². The maximum Gasteiger partial charge on any atom is 0.228 e. The van der Waals surface area contributed by atoms with Gasteiger partial charge in [-0.3, -0.25) is 0 Å². The Kier molecular flexibility index (Phi) is 3.24. The van der Waals surface area contributed by atoms with Crippen LogP contribution in [-0.4, -0.2) is 15.1 Å². The summed E-state index contributed by atoms with van der Waals surface area (Å²) in [6.07, 6.45) is 1.52. The van der Waals surface area contributed by atoms with E-state index in [0.717, 1.165) is 22.5 Å². The van der Waals surface area contributed by atoms with Gasteiger partial charge in [-0.25, -0.2) is 9.97 Å². The van der Waals surface area contributed by atoms with E-state index < -0.39 is 0 Å². The molecule has 2 aromatic carbocycles. The normalized spacial score (nSPS) is 10.8. The van der Waals surface area contributed by atoms with Crippen molar-refractivity contribution in [2.24, 2.45) is 0 Å². The highest BCUT2D eigenvalue weighted by Gasteiger charge is 2.16. The first kappa shape index (κ1) is 13.5. The Morgan fingerprint density at radius 3 is 2.52 bits per heavy atom. The van der Waals surface area contributed by atoms with Gasteiger partial charge >= 0.3 is 0 Å². The molecular formula is C18H14N4O. The smallest absolute Gasteiger partial charge is 0.228 e. The first-order valence-electron chi connectivity index (χ1n) is 7.31. The summed E-state index contributed by atoms with van der Waals surface area (Å²) in [4.78, 5) is 8.63. The molecule has 5 nitrogen and oxygen atoms in total. The molecule has 0 aliphatic rings. The van der Waals surface area contributed by atoms with Crippen molar-refractivity contribution in [2.45, 2.75) is 6.92 Å². The average Bonchev–Trinajstić information content (AvgIpc) is 3.03. The minimum Gasteiger partial charge on any atom is -0.350 e. The standard InChI is InChI=1S/C18H14N4O/c1-12-7-5-6-10-14(12)21-18-17-16(19-11-20-18)15(22-23-17)13-8-3-2-4-9-13/h2-11H,1H3,(H,19,20,21). The van der Waals surface area contributed by atoms with Crippen LogP contribution in [-0.2, 0) is 0 Å². The molecule has 4 aromatic rings. The van der Waals surface area contributed by atoms with Crippen LogP contribution in [0.1, 0.15) is 5.56 Å². The summed E-state index contributed by atoms with van der Waals surface area (Å²) in [5.41, 5.74) is 5.03. The van der Waals surface area contributed by atoms with Crippen LogP contribution >= 0.6 is 0 Å². The Bertz CT molecular complexity index is 963. The fourth-order valence-corrected chi connectivity index (χ4v) is 2.48. The minimum absolute atomic E-state index is 0.551. The van der Waals surface area contributed by atoms with E-state index >= 15 is 0 Å². The molecule has 4 rings (SSSR count). The van der Waals surface area contributed by atoms with Crippen molar-refractivity contribution < 1.29 is 4.52 Å². The van der Waals surface area contributed by atoms with Gasteiger partial charge in [0.25, 0.3) is 0 Å². The van der Waals surface area contributed by atoms with Gasteiger partial charge in [-0.2, -0.15) is 0 Å². The van der Waals surface area contributed by atoms with Gasteiger partial charge in [-0.1, -0.05) is 53.7 Å². The summed E-state index contributed by atoms with van der Waals surface area (Å²) in [5, 5.41) is 7.47. The first-order chi connectivity index (χ1) is 11.3. The Labute approximate surface area is 133 Å². The van der Waals surface area contributed by atoms with Gasteiger partial charge < -0.3 is 9.84 Å². The number of fused-ring (bicyclic) bond motifs is 1. The van der Waals surface area contributed by atoms with Crippen molar-refractivity contribution in [3.05, 3.63) is 66.5 Å². The zero-order valence-corrected chi connectivity index (χ0v) is 12.5. The van der Waals surface area contributed by atoms with Crippen LogP contribution in [0.3, 0.4) is 0 Å². The molecule has 0 bridgehead atoms. The van der Waals surface area contributed by atoms with Crippen LogP contribution in [0.4, 0.5) is 11.5 Å². The molecule has 0 radical (unpaired) electrons. The number of hydrogen-bond acceptors (Lipinski definition) is 5. The van der Waals surface area contributed by atoms with E-state index in [-0.39, 0.29) is 0 Å². The molecule has 1 N–H and O–H groups in total. The lowest BCUT2D eigenvalue weighted by Crippen LogP contribution is -1.96. The average molecular weight is 302 g/mol. The van der Waals surface area contributed by atoms with Crippen LogP contribution in [0.25, 0.3) is 22.4 Å². The molecule has 5 heteroatoms. The van der Waals surface area contributed by atoms with Crippen molar-refractivity contribution in [2.75, 3.05) is 5.32 Å². The van der Waals surface area contributed by atoms with Crippen LogP contribution in [0.5, 0.6) is 0 Å². The van der Waals surface area contributed by atoms with E-state index in [0.29, 0.717) is 16.9 Å². The van der Waals surface area contributed by atoms with Crippen molar-refractivity contribution in [1.82, 2.24) is 15.1 Å². The number of benzene rings is 2. The van der Waals surface area contributed by atoms with Gasteiger partial charge in [0.1, 0.15) is 17.5 Å². The number of aryl methyl sites for hydroxylation is 1. The molecule has 112 valence electrons. The minimum atomic E-state index is 0.551. The maximum atomic E-state index is 5.51. The van der Waals surface area contributed by atoms with E-state index in [1.54, 1.807) is 0 Å². The summed E-state index contributed by atoms with van der Waals surface area (Å²) in [6, 6.07) is 17.9. The third-order valence-electron chi connectivity index (χ3n) is 3.70. The van der Waals surface area contributed by atoms with Gasteiger partial charge in [0.05, 0.1) is 0 Å². The lowest BCUT2D eigenvalue weighted by atomic mass is 10.1. The number of para-hydroxylation sites is 1. The van der Waals surface area contributed by atoms with Crippen molar-refractivity contribution in [3.8, 4) is 11.3 Å².